The third-order valence-electron chi connectivity index (χ3n) is 7.66. The van der Waals surface area contributed by atoms with E-state index in [1.54, 1.807) is 0 Å². The van der Waals surface area contributed by atoms with Crippen LogP contribution < -0.4 is 4.74 Å². The number of hydrogen-bond donors (Lipinski definition) is 0. The Bertz CT molecular complexity index is 1030. The number of rotatable bonds is 11. The summed E-state index contributed by atoms with van der Waals surface area (Å²) in [6, 6.07) is 16.1. The molecule has 0 radical (unpaired) electrons. The van der Waals surface area contributed by atoms with E-state index >= 15 is 0 Å². The number of carbonyl (C=O) groups excluding carboxylic acids is 2. The second kappa shape index (κ2) is 14.0. The zero-order valence-electron chi connectivity index (χ0n) is 21.7. The Hall–Kier alpha value is -2.29. The first-order valence-corrected chi connectivity index (χ1v) is 15.1. The lowest BCUT2D eigenvalue weighted by molar-refractivity contribution is -0.150. The van der Waals surface area contributed by atoms with Crippen LogP contribution in [0.15, 0.2) is 48.5 Å². The van der Waals surface area contributed by atoms with Crippen molar-refractivity contribution in [2.24, 2.45) is 5.92 Å². The molecule has 37 heavy (non-hydrogen) atoms. The Morgan fingerprint density at radius 1 is 1.03 bits per heavy atom. The molecule has 6 nitrogen and oxygen atoms in total. The number of hydrogen-bond acceptors (Lipinski definition) is 5. The molecule has 2 aliphatic rings. The lowest BCUT2D eigenvalue weighted by atomic mass is 9.65. The quantitative estimate of drug-likeness (QED) is 0.0656. The molecule has 1 saturated carbocycles. The number of esters is 1. The van der Waals surface area contributed by atoms with E-state index in [-0.39, 0.29) is 31.5 Å². The molecule has 0 aromatic heterocycles. The number of ether oxygens (including phenoxy) is 3. The van der Waals surface area contributed by atoms with Crippen molar-refractivity contribution in [3.8, 4) is 5.75 Å². The smallest absolute Gasteiger partial charge is 0.411 e. The van der Waals surface area contributed by atoms with Gasteiger partial charge in [0.2, 0.25) is 6.79 Å². The maximum atomic E-state index is 13.2. The van der Waals surface area contributed by atoms with Gasteiger partial charge in [-0.3, -0.25) is 9.69 Å². The number of fused-ring (bicyclic) bond motifs is 3. The zero-order chi connectivity index (χ0) is 26.0. The summed E-state index contributed by atoms with van der Waals surface area (Å²) in [5, 5.41) is 0. The van der Waals surface area contributed by atoms with Gasteiger partial charge in [-0.2, -0.15) is 0 Å². The average Bonchev–Trinajstić information content (AvgIpc) is 2.93. The highest BCUT2D eigenvalue weighted by Gasteiger charge is 2.42. The third kappa shape index (κ3) is 7.39. The summed E-state index contributed by atoms with van der Waals surface area (Å²) in [6.07, 6.45) is 8.56. The first kappa shape index (κ1) is 27.7. The van der Waals surface area contributed by atoms with Crippen molar-refractivity contribution in [2.45, 2.75) is 83.3 Å². The third-order valence-corrected chi connectivity index (χ3v) is 8.39. The first-order valence-electron chi connectivity index (χ1n) is 13.5. The minimum atomic E-state index is -0.239. The van der Waals surface area contributed by atoms with E-state index in [0.717, 1.165) is 49.8 Å². The van der Waals surface area contributed by atoms with Crippen LogP contribution in [-0.2, 0) is 27.3 Å². The molecule has 200 valence electrons. The number of halogens is 1. The van der Waals surface area contributed by atoms with E-state index in [1.165, 1.54) is 24.0 Å². The van der Waals surface area contributed by atoms with Crippen LogP contribution in [0.5, 0.6) is 5.75 Å². The van der Waals surface area contributed by atoms with E-state index in [4.69, 9.17) is 14.2 Å². The highest BCUT2D eigenvalue weighted by atomic mass is 127. The van der Waals surface area contributed by atoms with Gasteiger partial charge in [-0.1, -0.05) is 91.6 Å². The summed E-state index contributed by atoms with van der Waals surface area (Å²) < 4.78 is 17.4. The molecule has 2 aromatic rings. The fourth-order valence-electron chi connectivity index (χ4n) is 5.75. The van der Waals surface area contributed by atoms with Crippen molar-refractivity contribution in [3.63, 3.8) is 0 Å². The van der Waals surface area contributed by atoms with Crippen LogP contribution in [-0.4, -0.2) is 34.3 Å². The normalized spacial score (nSPS) is 20.3. The molecule has 0 spiro atoms. The molecule has 1 fully saturated rings. The van der Waals surface area contributed by atoms with Gasteiger partial charge >= 0.3 is 12.1 Å². The molecular formula is C30H38INO5. The summed E-state index contributed by atoms with van der Waals surface area (Å²) in [7, 11) is 0. The van der Waals surface area contributed by atoms with Crippen molar-refractivity contribution in [2.75, 3.05) is 11.3 Å². The SMILES string of the molecule is CCCCCC(=O)OCOc1ccc2c(c1)C1CCCC[C@@H]1[C@@H](N(CI)C(=O)OCc1ccccc1)C2. The predicted molar refractivity (Wildman–Crippen MR) is 152 cm³/mol. The molecule has 0 aliphatic heterocycles. The van der Waals surface area contributed by atoms with Crippen molar-refractivity contribution >= 4 is 34.7 Å². The van der Waals surface area contributed by atoms with Gasteiger partial charge in [0.1, 0.15) is 12.4 Å². The molecular weight excluding hydrogens is 581 g/mol. The van der Waals surface area contributed by atoms with E-state index in [0.29, 0.717) is 22.8 Å². The van der Waals surface area contributed by atoms with E-state index in [2.05, 4.69) is 41.6 Å². The molecule has 3 atom stereocenters. The molecule has 2 aromatic carbocycles. The Balaban J connectivity index is 1.42. The number of benzene rings is 2. The Labute approximate surface area is 234 Å². The van der Waals surface area contributed by atoms with Gasteiger partial charge in [0, 0.05) is 12.5 Å². The van der Waals surface area contributed by atoms with Crippen molar-refractivity contribution in [3.05, 3.63) is 65.2 Å². The van der Waals surface area contributed by atoms with Gasteiger partial charge < -0.3 is 14.2 Å². The van der Waals surface area contributed by atoms with Gasteiger partial charge in [-0.15, -0.1) is 0 Å². The lowest BCUT2D eigenvalue weighted by Gasteiger charge is -2.46. The maximum absolute atomic E-state index is 13.2. The molecule has 1 unspecified atom stereocenters. The summed E-state index contributed by atoms with van der Waals surface area (Å²) in [6.45, 7) is 2.34. The van der Waals surface area contributed by atoms with Crippen LogP contribution in [0.25, 0.3) is 0 Å². The molecule has 0 bridgehead atoms. The monoisotopic (exact) mass is 619 g/mol. The van der Waals surface area contributed by atoms with Crippen LogP contribution in [0.4, 0.5) is 4.79 Å². The summed E-state index contributed by atoms with van der Waals surface area (Å²) in [5.74, 6) is 1.30. The van der Waals surface area contributed by atoms with Crippen LogP contribution in [0.3, 0.4) is 0 Å². The topological polar surface area (TPSA) is 65.1 Å². The number of unbranched alkanes of at least 4 members (excludes halogenated alkanes) is 2. The molecule has 0 heterocycles. The fraction of sp³-hybridized carbons (Fsp3) is 0.533. The van der Waals surface area contributed by atoms with Gasteiger partial charge in [-0.25, -0.2) is 4.79 Å². The van der Waals surface area contributed by atoms with Gasteiger partial charge in [-0.05, 0) is 66.3 Å². The van der Waals surface area contributed by atoms with Crippen molar-refractivity contribution in [1.82, 2.24) is 4.90 Å². The summed E-state index contributed by atoms with van der Waals surface area (Å²) >= 11 is 2.28. The van der Waals surface area contributed by atoms with Crippen LogP contribution in [0, 0.1) is 5.92 Å². The highest BCUT2D eigenvalue weighted by Crippen LogP contribution is 2.47. The molecule has 2 aliphatic carbocycles. The lowest BCUT2D eigenvalue weighted by Crippen LogP contribution is -2.50. The molecule has 7 heteroatoms. The summed E-state index contributed by atoms with van der Waals surface area (Å²) in [5.41, 5.74) is 3.58. The zero-order valence-corrected chi connectivity index (χ0v) is 23.9. The van der Waals surface area contributed by atoms with Crippen LogP contribution >= 0.6 is 22.6 Å². The minimum Gasteiger partial charge on any atom is -0.457 e. The van der Waals surface area contributed by atoms with Crippen molar-refractivity contribution in [1.29, 1.82) is 0 Å². The van der Waals surface area contributed by atoms with Gasteiger partial charge in [0.25, 0.3) is 0 Å². The molecule has 0 saturated heterocycles. The number of amides is 1. The molecule has 1 amide bonds. The summed E-state index contributed by atoms with van der Waals surface area (Å²) in [4.78, 5) is 27.0. The van der Waals surface area contributed by atoms with E-state index in [1.807, 2.05) is 41.3 Å². The average molecular weight is 620 g/mol. The molecule has 4 rings (SSSR count). The van der Waals surface area contributed by atoms with Crippen LogP contribution in [0.1, 0.15) is 80.9 Å². The standard InChI is InChI=1S/C30H38INO5/c1-2-3-5-14-29(33)37-21-36-24-16-15-23-17-28(26-13-9-8-12-25(26)27(23)18-24)32(20-31)30(34)35-19-22-10-6-4-7-11-22/h4,6-7,10-11,15-16,18,25-26,28H,2-3,5,8-9,12-14,17,19-21H2,1H3/t25?,26-,28-/m0/s1. The maximum Gasteiger partial charge on any atom is 0.411 e. The number of alkyl halides is 1. The van der Waals surface area contributed by atoms with Gasteiger partial charge in [0.05, 0.1) is 4.55 Å². The predicted octanol–water partition coefficient (Wildman–Crippen LogP) is 7.38. The first-order chi connectivity index (χ1) is 18.1. The van der Waals surface area contributed by atoms with Crippen LogP contribution in [0.2, 0.25) is 0 Å². The minimum absolute atomic E-state index is 0.0592. The Morgan fingerprint density at radius 2 is 1.84 bits per heavy atom. The Kier molecular flexibility index (Phi) is 10.5. The second-order valence-electron chi connectivity index (χ2n) is 10.1. The van der Waals surface area contributed by atoms with E-state index < -0.39 is 0 Å². The highest BCUT2D eigenvalue weighted by molar-refractivity contribution is 14.1. The second-order valence-corrected chi connectivity index (χ2v) is 10.7. The Morgan fingerprint density at radius 3 is 2.62 bits per heavy atom. The molecule has 0 N–H and O–H groups in total. The fourth-order valence-corrected chi connectivity index (χ4v) is 6.53. The van der Waals surface area contributed by atoms with E-state index in [9.17, 15) is 9.59 Å². The van der Waals surface area contributed by atoms with Crippen molar-refractivity contribution < 1.29 is 23.8 Å². The van der Waals surface area contributed by atoms with Gasteiger partial charge in [0.15, 0.2) is 0 Å². The number of carbonyl (C=O) groups is 2. The largest absolute Gasteiger partial charge is 0.457 e. The number of nitrogens with zero attached hydrogens (tertiary/aromatic N) is 1.